The molecule has 5 heteroatoms. The fraction of sp³-hybridized carbons (Fsp3) is 0.208. The maximum absolute atomic E-state index is 12.5. The predicted molar refractivity (Wildman–Crippen MR) is 115 cm³/mol. The fourth-order valence-electron chi connectivity index (χ4n) is 2.91. The first-order chi connectivity index (χ1) is 14.0. The van der Waals surface area contributed by atoms with Crippen molar-refractivity contribution in [3.8, 4) is 0 Å². The van der Waals surface area contributed by atoms with Crippen molar-refractivity contribution in [3.05, 3.63) is 95.3 Å². The lowest BCUT2D eigenvalue weighted by Gasteiger charge is -2.09. The SMILES string of the molecule is CC(C)c1ccc(NC(=O)c2cc(C(=O)NCCc3ccccc3)ccn2)cc1. The number of aromatic nitrogens is 1. The van der Waals surface area contributed by atoms with Gasteiger partial charge in [0.05, 0.1) is 0 Å². The molecule has 3 aromatic rings. The van der Waals surface area contributed by atoms with Gasteiger partial charge in [-0.3, -0.25) is 14.6 Å². The molecule has 2 aromatic carbocycles. The van der Waals surface area contributed by atoms with Gasteiger partial charge in [-0.2, -0.15) is 0 Å². The number of benzene rings is 2. The first kappa shape index (κ1) is 20.3. The Hall–Kier alpha value is -3.47. The Kier molecular flexibility index (Phi) is 6.74. The van der Waals surface area contributed by atoms with Crippen molar-refractivity contribution in [3.63, 3.8) is 0 Å². The van der Waals surface area contributed by atoms with E-state index < -0.39 is 0 Å². The quantitative estimate of drug-likeness (QED) is 0.630. The number of nitrogens with zero attached hydrogens (tertiary/aromatic N) is 1. The van der Waals surface area contributed by atoms with Crippen LogP contribution in [0.4, 0.5) is 5.69 Å². The maximum atomic E-state index is 12.5. The van der Waals surface area contributed by atoms with Crippen LogP contribution in [0.15, 0.2) is 72.9 Å². The zero-order chi connectivity index (χ0) is 20.6. The highest BCUT2D eigenvalue weighted by Gasteiger charge is 2.12. The lowest BCUT2D eigenvalue weighted by molar-refractivity contribution is 0.0954. The minimum atomic E-state index is -0.346. The van der Waals surface area contributed by atoms with Crippen LogP contribution in [0, 0.1) is 0 Å². The number of anilines is 1. The standard InChI is InChI=1S/C24H25N3O2/c1-17(2)19-8-10-21(11-9-19)27-24(29)22-16-20(13-15-25-22)23(28)26-14-12-18-6-4-3-5-7-18/h3-11,13,15-17H,12,14H2,1-2H3,(H,26,28)(H,27,29). The van der Waals surface area contributed by atoms with E-state index in [2.05, 4.69) is 29.5 Å². The third kappa shape index (κ3) is 5.75. The van der Waals surface area contributed by atoms with Crippen molar-refractivity contribution < 1.29 is 9.59 Å². The normalized spacial score (nSPS) is 10.6. The van der Waals surface area contributed by atoms with Gasteiger partial charge in [-0.15, -0.1) is 0 Å². The molecule has 0 saturated heterocycles. The van der Waals surface area contributed by atoms with Gasteiger partial charge >= 0.3 is 0 Å². The van der Waals surface area contributed by atoms with E-state index in [1.807, 2.05) is 54.6 Å². The van der Waals surface area contributed by atoms with E-state index in [-0.39, 0.29) is 17.5 Å². The molecule has 0 radical (unpaired) electrons. The number of pyridine rings is 1. The second-order valence-corrected chi connectivity index (χ2v) is 7.15. The Bertz CT molecular complexity index is 967. The Balaban J connectivity index is 1.59. The Labute approximate surface area is 171 Å². The van der Waals surface area contributed by atoms with E-state index in [9.17, 15) is 9.59 Å². The molecular weight excluding hydrogens is 362 g/mol. The summed E-state index contributed by atoms with van der Waals surface area (Å²) < 4.78 is 0. The highest BCUT2D eigenvalue weighted by Crippen LogP contribution is 2.17. The van der Waals surface area contributed by atoms with E-state index in [0.717, 1.165) is 12.0 Å². The summed E-state index contributed by atoms with van der Waals surface area (Å²) in [5, 5.41) is 5.70. The van der Waals surface area contributed by atoms with Crippen LogP contribution in [0.3, 0.4) is 0 Å². The van der Waals surface area contributed by atoms with Gasteiger partial charge in [0, 0.05) is 24.0 Å². The summed E-state index contributed by atoms with van der Waals surface area (Å²) in [5.74, 6) is -0.140. The van der Waals surface area contributed by atoms with Crippen molar-refractivity contribution in [2.45, 2.75) is 26.2 Å². The molecule has 0 aliphatic rings. The molecule has 1 aromatic heterocycles. The van der Waals surface area contributed by atoms with E-state index >= 15 is 0 Å². The highest BCUT2D eigenvalue weighted by molar-refractivity contribution is 6.04. The van der Waals surface area contributed by atoms with E-state index in [0.29, 0.717) is 23.7 Å². The molecule has 2 amide bonds. The summed E-state index contributed by atoms with van der Waals surface area (Å²) in [6.45, 7) is 4.76. The largest absolute Gasteiger partial charge is 0.352 e. The molecule has 0 spiro atoms. The second-order valence-electron chi connectivity index (χ2n) is 7.15. The number of nitrogens with one attached hydrogen (secondary N) is 2. The van der Waals surface area contributed by atoms with Crippen molar-refractivity contribution in [1.82, 2.24) is 10.3 Å². The van der Waals surface area contributed by atoms with Gasteiger partial charge in [-0.25, -0.2) is 0 Å². The summed E-state index contributed by atoms with van der Waals surface area (Å²) in [4.78, 5) is 29.0. The van der Waals surface area contributed by atoms with Gasteiger partial charge in [0.1, 0.15) is 5.69 Å². The summed E-state index contributed by atoms with van der Waals surface area (Å²) in [7, 11) is 0. The molecule has 0 unspecified atom stereocenters. The van der Waals surface area contributed by atoms with Crippen molar-refractivity contribution >= 4 is 17.5 Å². The molecule has 3 rings (SSSR count). The molecule has 0 atom stereocenters. The van der Waals surface area contributed by atoms with Crippen LogP contribution in [0.5, 0.6) is 0 Å². The van der Waals surface area contributed by atoms with Gasteiger partial charge in [-0.05, 0) is 47.7 Å². The summed E-state index contributed by atoms with van der Waals surface area (Å²) >= 11 is 0. The lowest BCUT2D eigenvalue weighted by atomic mass is 10.0. The van der Waals surface area contributed by atoms with Crippen LogP contribution < -0.4 is 10.6 Å². The molecule has 2 N–H and O–H groups in total. The first-order valence-corrected chi connectivity index (χ1v) is 9.72. The average Bonchev–Trinajstić information content (AvgIpc) is 2.75. The summed E-state index contributed by atoms with van der Waals surface area (Å²) in [6, 6.07) is 20.8. The molecule has 0 saturated carbocycles. The number of carbonyl (C=O) groups excluding carboxylic acids is 2. The first-order valence-electron chi connectivity index (χ1n) is 9.72. The number of amides is 2. The Morgan fingerprint density at radius 2 is 1.66 bits per heavy atom. The van der Waals surface area contributed by atoms with Gasteiger partial charge < -0.3 is 10.6 Å². The summed E-state index contributed by atoms with van der Waals surface area (Å²) in [5.41, 5.74) is 3.67. The monoisotopic (exact) mass is 387 g/mol. The number of hydrogen-bond donors (Lipinski definition) is 2. The van der Waals surface area contributed by atoms with Crippen molar-refractivity contribution in [2.75, 3.05) is 11.9 Å². The molecule has 0 aliphatic carbocycles. The van der Waals surface area contributed by atoms with E-state index in [1.54, 1.807) is 6.07 Å². The molecule has 0 aliphatic heterocycles. The number of hydrogen-bond acceptors (Lipinski definition) is 3. The number of rotatable bonds is 7. The van der Waals surface area contributed by atoms with Crippen LogP contribution in [0.25, 0.3) is 0 Å². The van der Waals surface area contributed by atoms with Crippen LogP contribution in [0.2, 0.25) is 0 Å². The number of carbonyl (C=O) groups is 2. The smallest absolute Gasteiger partial charge is 0.274 e. The van der Waals surface area contributed by atoms with Gasteiger partial charge in [0.15, 0.2) is 0 Å². The maximum Gasteiger partial charge on any atom is 0.274 e. The fourth-order valence-corrected chi connectivity index (χ4v) is 2.91. The lowest BCUT2D eigenvalue weighted by Crippen LogP contribution is -2.26. The minimum absolute atomic E-state index is 0.202. The van der Waals surface area contributed by atoms with Crippen LogP contribution in [0.1, 0.15) is 51.7 Å². The van der Waals surface area contributed by atoms with Crippen molar-refractivity contribution in [2.24, 2.45) is 0 Å². The third-order valence-corrected chi connectivity index (χ3v) is 4.63. The molecule has 0 fully saturated rings. The topological polar surface area (TPSA) is 71.1 Å². The molecule has 148 valence electrons. The van der Waals surface area contributed by atoms with Gasteiger partial charge in [0.2, 0.25) is 0 Å². The second kappa shape index (κ2) is 9.64. The third-order valence-electron chi connectivity index (χ3n) is 4.63. The zero-order valence-corrected chi connectivity index (χ0v) is 16.7. The molecular formula is C24H25N3O2. The zero-order valence-electron chi connectivity index (χ0n) is 16.7. The van der Waals surface area contributed by atoms with E-state index in [4.69, 9.17) is 0 Å². The minimum Gasteiger partial charge on any atom is -0.352 e. The van der Waals surface area contributed by atoms with Gasteiger partial charge in [-0.1, -0.05) is 56.3 Å². The van der Waals surface area contributed by atoms with Crippen LogP contribution in [-0.2, 0) is 6.42 Å². The summed E-state index contributed by atoms with van der Waals surface area (Å²) in [6.07, 6.45) is 2.22. The van der Waals surface area contributed by atoms with Crippen LogP contribution >= 0.6 is 0 Å². The Morgan fingerprint density at radius 1 is 0.931 bits per heavy atom. The molecule has 29 heavy (non-hydrogen) atoms. The average molecular weight is 387 g/mol. The van der Waals surface area contributed by atoms with Crippen LogP contribution in [-0.4, -0.2) is 23.3 Å². The highest BCUT2D eigenvalue weighted by atomic mass is 16.2. The van der Waals surface area contributed by atoms with Gasteiger partial charge in [0.25, 0.3) is 11.8 Å². The molecule has 5 nitrogen and oxygen atoms in total. The van der Waals surface area contributed by atoms with E-state index in [1.165, 1.54) is 17.8 Å². The Morgan fingerprint density at radius 3 is 2.34 bits per heavy atom. The predicted octanol–water partition coefficient (Wildman–Crippen LogP) is 4.43. The van der Waals surface area contributed by atoms with Crippen molar-refractivity contribution in [1.29, 1.82) is 0 Å². The molecule has 1 heterocycles. The molecule has 0 bridgehead atoms.